The second-order valence-corrected chi connectivity index (χ2v) is 6.84. The van der Waals surface area contributed by atoms with E-state index in [2.05, 4.69) is 4.98 Å². The van der Waals surface area contributed by atoms with E-state index in [0.717, 1.165) is 0 Å². The highest BCUT2D eigenvalue weighted by Crippen LogP contribution is 2.21. The van der Waals surface area contributed by atoms with Crippen LogP contribution in [-0.2, 0) is 16.1 Å². The lowest BCUT2D eigenvalue weighted by Gasteiger charge is -2.14. The molecular weight excluding hydrogens is 322 g/mol. The van der Waals surface area contributed by atoms with Crippen LogP contribution in [0.2, 0.25) is 0 Å². The van der Waals surface area contributed by atoms with Crippen LogP contribution in [0.15, 0.2) is 21.4 Å². The summed E-state index contributed by atoms with van der Waals surface area (Å²) in [6.07, 6.45) is 0.616. The van der Waals surface area contributed by atoms with E-state index in [1.807, 2.05) is 18.4 Å². The molecule has 3 rings (SSSR count). The number of aromatic nitrogens is 2. The van der Waals surface area contributed by atoms with Crippen molar-refractivity contribution in [2.75, 3.05) is 12.3 Å². The molecule has 2 aromatic heterocycles. The van der Waals surface area contributed by atoms with Gasteiger partial charge >= 0.3 is 0 Å². The fraction of sp³-hybridized carbons (Fsp3) is 0.429. The molecule has 22 heavy (non-hydrogen) atoms. The lowest BCUT2D eigenvalue weighted by molar-refractivity contribution is -0.137. The van der Waals surface area contributed by atoms with Gasteiger partial charge in [0.1, 0.15) is 4.70 Å². The molecule has 2 amide bonds. The first-order chi connectivity index (χ1) is 10.6. The highest BCUT2D eigenvalue weighted by Gasteiger charge is 2.28. The smallest absolute Gasteiger partial charge is 0.272 e. The van der Waals surface area contributed by atoms with Gasteiger partial charge in [-0.2, -0.15) is 0 Å². The quantitative estimate of drug-likeness (QED) is 0.472. The summed E-state index contributed by atoms with van der Waals surface area (Å²) < 4.78 is 2.30. The molecule has 0 N–H and O–H groups in total. The molecule has 0 radical (unpaired) electrons. The Bertz CT molecular complexity index is 780. The first kappa shape index (κ1) is 15.2. The molecule has 0 unspecified atom stereocenters. The first-order valence-electron chi connectivity index (χ1n) is 7.06. The van der Waals surface area contributed by atoms with Gasteiger partial charge in [-0.05, 0) is 18.4 Å². The number of carbonyl (C=O) groups is 2. The van der Waals surface area contributed by atoms with Crippen LogP contribution in [0.4, 0.5) is 0 Å². The minimum absolute atomic E-state index is 0.0293. The fourth-order valence-electron chi connectivity index (χ4n) is 2.41. The molecule has 116 valence electrons. The fourth-order valence-corrected chi connectivity index (χ4v) is 4.18. The average molecular weight is 337 g/mol. The summed E-state index contributed by atoms with van der Waals surface area (Å²) in [4.78, 5) is 41.3. The Balaban J connectivity index is 1.77. The summed E-state index contributed by atoms with van der Waals surface area (Å²) in [7, 11) is 0. The maximum absolute atomic E-state index is 12.4. The van der Waals surface area contributed by atoms with E-state index in [1.54, 1.807) is 4.57 Å². The van der Waals surface area contributed by atoms with E-state index in [-0.39, 0.29) is 17.4 Å². The number of likely N-dealkylation sites (tertiary alicyclic amines) is 1. The topological polar surface area (TPSA) is 72.3 Å². The third kappa shape index (κ3) is 2.68. The summed E-state index contributed by atoms with van der Waals surface area (Å²) in [6, 6.07) is 1.83. The summed E-state index contributed by atoms with van der Waals surface area (Å²) in [6.45, 7) is 2.81. The molecule has 2 aromatic rings. The summed E-state index contributed by atoms with van der Waals surface area (Å²) in [5.41, 5.74) is 0.675. The Labute approximate surface area is 135 Å². The van der Waals surface area contributed by atoms with Crippen molar-refractivity contribution in [3.05, 3.63) is 21.8 Å². The largest absolute Gasteiger partial charge is 0.287 e. The number of hydrogen-bond acceptors (Lipinski definition) is 6. The summed E-state index contributed by atoms with van der Waals surface area (Å²) in [5.74, 6) is 0.319. The van der Waals surface area contributed by atoms with E-state index < -0.39 is 0 Å². The van der Waals surface area contributed by atoms with E-state index in [0.29, 0.717) is 47.1 Å². The lowest BCUT2D eigenvalue weighted by Crippen LogP contribution is -2.31. The SMILES string of the molecule is CCn1c(SCCN2C(=O)CCC2=O)nc2ccsc2c1=O. The predicted octanol–water partition coefficient (Wildman–Crippen LogP) is 1.72. The molecule has 0 spiro atoms. The maximum Gasteiger partial charge on any atom is 0.272 e. The number of fused-ring (bicyclic) bond motifs is 1. The highest BCUT2D eigenvalue weighted by atomic mass is 32.2. The Morgan fingerprint density at radius 1 is 1.27 bits per heavy atom. The number of imide groups is 1. The Hall–Kier alpha value is -1.67. The second-order valence-electron chi connectivity index (χ2n) is 4.87. The molecule has 1 aliphatic heterocycles. The predicted molar refractivity (Wildman–Crippen MR) is 86.2 cm³/mol. The minimum atomic E-state index is -0.111. The molecular formula is C14H15N3O3S2. The molecule has 0 aliphatic carbocycles. The monoisotopic (exact) mass is 337 g/mol. The van der Waals surface area contributed by atoms with Gasteiger partial charge in [-0.1, -0.05) is 11.8 Å². The standard InChI is InChI=1S/C14H15N3O3S2/c1-2-16-13(20)12-9(5-7-21-12)15-14(16)22-8-6-17-10(18)3-4-11(17)19/h5,7H,2-4,6,8H2,1H3. The van der Waals surface area contributed by atoms with Gasteiger partial charge in [0.2, 0.25) is 11.8 Å². The van der Waals surface area contributed by atoms with Gasteiger partial charge in [0.25, 0.3) is 5.56 Å². The third-order valence-electron chi connectivity index (χ3n) is 3.55. The van der Waals surface area contributed by atoms with Crippen LogP contribution >= 0.6 is 23.1 Å². The molecule has 0 atom stereocenters. The van der Waals surface area contributed by atoms with Crippen molar-refractivity contribution in [2.24, 2.45) is 0 Å². The lowest BCUT2D eigenvalue weighted by atomic mass is 10.4. The van der Waals surface area contributed by atoms with Crippen molar-refractivity contribution in [1.29, 1.82) is 0 Å². The van der Waals surface area contributed by atoms with E-state index in [9.17, 15) is 14.4 Å². The van der Waals surface area contributed by atoms with E-state index in [4.69, 9.17) is 0 Å². The van der Waals surface area contributed by atoms with Crippen LogP contribution in [0.25, 0.3) is 10.2 Å². The van der Waals surface area contributed by atoms with Gasteiger partial charge in [0.15, 0.2) is 5.16 Å². The van der Waals surface area contributed by atoms with Crippen LogP contribution < -0.4 is 5.56 Å². The zero-order valence-electron chi connectivity index (χ0n) is 12.1. The third-order valence-corrected chi connectivity index (χ3v) is 5.40. The number of nitrogens with zero attached hydrogens (tertiary/aromatic N) is 3. The van der Waals surface area contributed by atoms with Gasteiger partial charge in [-0.3, -0.25) is 23.9 Å². The van der Waals surface area contributed by atoms with Crippen LogP contribution in [0.1, 0.15) is 19.8 Å². The van der Waals surface area contributed by atoms with Crippen LogP contribution in [-0.4, -0.2) is 38.6 Å². The average Bonchev–Trinajstić information content (AvgIpc) is 3.09. The molecule has 1 fully saturated rings. The number of rotatable bonds is 5. The number of thioether (sulfide) groups is 1. The molecule has 3 heterocycles. The van der Waals surface area contributed by atoms with Crippen LogP contribution in [0.5, 0.6) is 0 Å². The van der Waals surface area contributed by atoms with Crippen molar-refractivity contribution in [1.82, 2.24) is 14.5 Å². The molecule has 1 saturated heterocycles. The van der Waals surface area contributed by atoms with Crippen LogP contribution in [0.3, 0.4) is 0 Å². The van der Waals surface area contributed by atoms with Crippen molar-refractivity contribution >= 4 is 45.1 Å². The normalized spacial score (nSPS) is 15.2. The molecule has 0 bridgehead atoms. The van der Waals surface area contributed by atoms with Gasteiger partial charge < -0.3 is 0 Å². The Morgan fingerprint density at radius 3 is 2.68 bits per heavy atom. The van der Waals surface area contributed by atoms with E-state index >= 15 is 0 Å². The Morgan fingerprint density at radius 2 is 2.00 bits per heavy atom. The second kappa shape index (κ2) is 6.21. The van der Waals surface area contributed by atoms with Crippen molar-refractivity contribution in [2.45, 2.75) is 31.5 Å². The van der Waals surface area contributed by atoms with Crippen molar-refractivity contribution < 1.29 is 9.59 Å². The van der Waals surface area contributed by atoms with Crippen molar-refractivity contribution in [3.63, 3.8) is 0 Å². The Kier molecular flexibility index (Phi) is 4.30. The first-order valence-corrected chi connectivity index (χ1v) is 8.92. The van der Waals surface area contributed by atoms with Gasteiger partial charge in [0.05, 0.1) is 5.52 Å². The number of carbonyl (C=O) groups excluding carboxylic acids is 2. The highest BCUT2D eigenvalue weighted by molar-refractivity contribution is 7.99. The minimum Gasteiger partial charge on any atom is -0.287 e. The molecule has 0 saturated carbocycles. The summed E-state index contributed by atoms with van der Waals surface area (Å²) >= 11 is 2.80. The summed E-state index contributed by atoms with van der Waals surface area (Å²) in [5, 5.41) is 2.49. The van der Waals surface area contributed by atoms with Gasteiger partial charge in [0, 0.05) is 31.7 Å². The van der Waals surface area contributed by atoms with Gasteiger partial charge in [-0.25, -0.2) is 4.98 Å². The molecule has 0 aromatic carbocycles. The van der Waals surface area contributed by atoms with Crippen molar-refractivity contribution in [3.8, 4) is 0 Å². The molecule has 8 heteroatoms. The number of thiophene rings is 1. The number of hydrogen-bond donors (Lipinski definition) is 0. The zero-order chi connectivity index (χ0) is 15.7. The maximum atomic E-state index is 12.4. The van der Waals surface area contributed by atoms with Crippen LogP contribution in [0, 0.1) is 0 Å². The van der Waals surface area contributed by atoms with E-state index in [1.165, 1.54) is 28.0 Å². The molecule has 1 aliphatic rings. The molecule has 6 nitrogen and oxygen atoms in total. The van der Waals surface area contributed by atoms with Gasteiger partial charge in [-0.15, -0.1) is 11.3 Å². The zero-order valence-corrected chi connectivity index (χ0v) is 13.7. The number of amides is 2.